The first-order valence-corrected chi connectivity index (χ1v) is 10.9. The van der Waals surface area contributed by atoms with E-state index in [-0.39, 0.29) is 23.8 Å². The molecule has 1 amide bonds. The third-order valence-corrected chi connectivity index (χ3v) is 6.87. The molecule has 8 nitrogen and oxygen atoms in total. The number of ether oxygens (including phenoxy) is 1. The van der Waals surface area contributed by atoms with Gasteiger partial charge in [-0.15, -0.1) is 6.58 Å². The van der Waals surface area contributed by atoms with Gasteiger partial charge in [-0.05, 0) is 30.7 Å². The monoisotopic (exact) mass is 472 g/mol. The van der Waals surface area contributed by atoms with E-state index in [1.165, 1.54) is 19.2 Å². The summed E-state index contributed by atoms with van der Waals surface area (Å²) in [5.74, 6) is -1.11. The Hall–Kier alpha value is -1.75. The molecule has 1 aliphatic heterocycles. The Kier molecular flexibility index (Phi) is 5.95. The molecule has 4 atom stereocenters. The zero-order chi connectivity index (χ0) is 20.5. The summed E-state index contributed by atoms with van der Waals surface area (Å²) < 4.78 is 35.6. The van der Waals surface area contributed by atoms with Crippen LogP contribution in [0.1, 0.15) is 12.8 Å². The molecule has 2 fully saturated rings. The van der Waals surface area contributed by atoms with Gasteiger partial charge in [0.25, 0.3) is 10.1 Å². The molecular formula is C18H21BrN2O6S. The fourth-order valence-electron chi connectivity index (χ4n) is 3.30. The van der Waals surface area contributed by atoms with Crippen molar-refractivity contribution < 1.29 is 26.9 Å². The van der Waals surface area contributed by atoms with Crippen molar-refractivity contribution in [3.63, 3.8) is 0 Å². The van der Waals surface area contributed by atoms with Crippen molar-refractivity contribution in [2.24, 2.45) is 5.92 Å². The molecule has 1 aliphatic carbocycles. The van der Waals surface area contributed by atoms with E-state index in [1.807, 2.05) is 0 Å². The van der Waals surface area contributed by atoms with Gasteiger partial charge < -0.3 is 15.4 Å². The summed E-state index contributed by atoms with van der Waals surface area (Å²) in [6, 6.07) is 5.43. The van der Waals surface area contributed by atoms with Gasteiger partial charge >= 0.3 is 5.97 Å². The minimum Gasteiger partial charge on any atom is -0.467 e. The first-order chi connectivity index (χ1) is 13.2. The van der Waals surface area contributed by atoms with Crippen LogP contribution < -0.4 is 10.6 Å². The summed E-state index contributed by atoms with van der Waals surface area (Å²) in [7, 11) is -2.68. The van der Waals surface area contributed by atoms with Gasteiger partial charge in [0.1, 0.15) is 5.54 Å². The van der Waals surface area contributed by atoms with Crippen LogP contribution >= 0.6 is 15.9 Å². The second kappa shape index (κ2) is 7.94. The number of amides is 1. The molecule has 1 aromatic rings. The molecule has 0 aromatic heterocycles. The van der Waals surface area contributed by atoms with Crippen molar-refractivity contribution in [3.8, 4) is 0 Å². The summed E-state index contributed by atoms with van der Waals surface area (Å²) in [5, 5.41) is 5.67. The average Bonchev–Trinajstić information content (AvgIpc) is 3.18. The van der Waals surface area contributed by atoms with Crippen molar-refractivity contribution in [1.29, 1.82) is 0 Å². The van der Waals surface area contributed by atoms with Crippen LogP contribution in [0.2, 0.25) is 0 Å². The number of carbonyl (C=O) groups is 2. The van der Waals surface area contributed by atoms with Crippen molar-refractivity contribution in [1.82, 2.24) is 10.6 Å². The Labute approximate surface area is 171 Å². The van der Waals surface area contributed by atoms with Crippen molar-refractivity contribution >= 4 is 37.9 Å². The highest BCUT2D eigenvalue weighted by atomic mass is 79.9. The lowest BCUT2D eigenvalue weighted by Gasteiger charge is -2.19. The lowest BCUT2D eigenvalue weighted by Crippen LogP contribution is -2.51. The molecule has 152 valence electrons. The smallest absolute Gasteiger partial charge is 0.332 e. The quantitative estimate of drug-likeness (QED) is 0.347. The zero-order valence-electron chi connectivity index (χ0n) is 15.2. The predicted molar refractivity (Wildman–Crippen MR) is 104 cm³/mol. The van der Waals surface area contributed by atoms with Crippen LogP contribution in [0.5, 0.6) is 0 Å². The second-order valence-electron chi connectivity index (χ2n) is 6.82. The van der Waals surface area contributed by atoms with E-state index in [0.29, 0.717) is 6.42 Å². The SMILES string of the molecule is C=C[C@@H]1C[C@]1(NC(=O)C1C[C@H](OS(=O)(=O)c2ccc(Br)cc2)CN1)C(=O)OC. The van der Waals surface area contributed by atoms with E-state index < -0.39 is 39.7 Å². The summed E-state index contributed by atoms with van der Waals surface area (Å²) in [6.45, 7) is 3.86. The number of methoxy groups -OCH3 is 1. The Morgan fingerprint density at radius 1 is 1.36 bits per heavy atom. The molecule has 0 bridgehead atoms. The van der Waals surface area contributed by atoms with Gasteiger partial charge in [0.15, 0.2) is 0 Å². The Balaban J connectivity index is 1.60. The number of esters is 1. The van der Waals surface area contributed by atoms with Gasteiger partial charge in [0.05, 0.1) is 24.2 Å². The molecule has 0 radical (unpaired) electrons. The second-order valence-corrected chi connectivity index (χ2v) is 9.31. The van der Waals surface area contributed by atoms with Crippen LogP contribution in [0.15, 0.2) is 46.3 Å². The lowest BCUT2D eigenvalue weighted by atomic mass is 10.1. The number of hydrogen-bond donors (Lipinski definition) is 2. The zero-order valence-corrected chi connectivity index (χ0v) is 17.6. The maximum absolute atomic E-state index is 12.6. The van der Waals surface area contributed by atoms with Gasteiger partial charge in [0, 0.05) is 23.4 Å². The number of benzene rings is 1. The number of halogens is 1. The molecule has 3 rings (SSSR count). The van der Waals surface area contributed by atoms with E-state index in [4.69, 9.17) is 8.92 Å². The summed E-state index contributed by atoms with van der Waals surface area (Å²) in [5.41, 5.74) is -1.09. The number of nitrogens with one attached hydrogen (secondary N) is 2. The van der Waals surface area contributed by atoms with Crippen molar-refractivity contribution in [2.75, 3.05) is 13.7 Å². The fourth-order valence-corrected chi connectivity index (χ4v) is 4.65. The van der Waals surface area contributed by atoms with E-state index in [1.54, 1.807) is 18.2 Å². The van der Waals surface area contributed by atoms with E-state index in [9.17, 15) is 18.0 Å². The maximum Gasteiger partial charge on any atom is 0.332 e. The number of rotatable bonds is 7. The minimum atomic E-state index is -3.94. The normalized spacial score (nSPS) is 29.1. The first kappa shape index (κ1) is 21.0. The topological polar surface area (TPSA) is 111 Å². The summed E-state index contributed by atoms with van der Waals surface area (Å²) in [6.07, 6.45) is 1.51. The van der Waals surface area contributed by atoms with Crippen molar-refractivity contribution in [3.05, 3.63) is 41.4 Å². The van der Waals surface area contributed by atoms with Gasteiger partial charge in [-0.2, -0.15) is 8.42 Å². The van der Waals surface area contributed by atoms with Gasteiger partial charge in [-0.1, -0.05) is 22.0 Å². The molecule has 1 unspecified atom stereocenters. The van der Waals surface area contributed by atoms with Crippen LogP contribution in [-0.4, -0.2) is 51.6 Å². The molecule has 1 saturated heterocycles. The predicted octanol–water partition coefficient (Wildman–Crippen LogP) is 1.12. The van der Waals surface area contributed by atoms with Crippen LogP contribution in [0.3, 0.4) is 0 Å². The fraction of sp³-hybridized carbons (Fsp3) is 0.444. The molecular weight excluding hydrogens is 452 g/mol. The van der Waals surface area contributed by atoms with Crippen LogP contribution in [0, 0.1) is 5.92 Å². The Bertz CT molecular complexity index is 888. The standard InChI is InChI=1S/C18H21BrN2O6S/c1-3-11-9-18(11,17(23)26-2)21-16(22)15-8-13(10-20-15)27-28(24,25)14-6-4-12(19)5-7-14/h3-7,11,13,15,20H,1,8-10H2,2H3,(H,21,22)/t11-,13+,15?,18-/m1/s1. The average molecular weight is 473 g/mol. The van der Waals surface area contributed by atoms with Gasteiger partial charge in [-0.25, -0.2) is 4.79 Å². The molecule has 28 heavy (non-hydrogen) atoms. The van der Waals surface area contributed by atoms with Gasteiger partial charge in [-0.3, -0.25) is 8.98 Å². The van der Waals surface area contributed by atoms with E-state index in [2.05, 4.69) is 33.1 Å². The third-order valence-electron chi connectivity index (χ3n) is 4.97. The highest BCUT2D eigenvalue weighted by Crippen LogP contribution is 2.45. The first-order valence-electron chi connectivity index (χ1n) is 8.67. The van der Waals surface area contributed by atoms with E-state index >= 15 is 0 Å². The number of carbonyl (C=O) groups excluding carboxylic acids is 2. The minimum absolute atomic E-state index is 0.0417. The lowest BCUT2D eigenvalue weighted by molar-refractivity contribution is -0.147. The van der Waals surface area contributed by atoms with Gasteiger partial charge in [0.2, 0.25) is 5.91 Å². The maximum atomic E-state index is 12.6. The molecule has 1 heterocycles. The molecule has 0 spiro atoms. The third kappa shape index (κ3) is 4.14. The molecule has 2 N–H and O–H groups in total. The highest BCUT2D eigenvalue weighted by Gasteiger charge is 2.61. The summed E-state index contributed by atoms with van der Waals surface area (Å²) in [4.78, 5) is 24.7. The molecule has 2 aliphatic rings. The molecule has 1 saturated carbocycles. The van der Waals surface area contributed by atoms with E-state index in [0.717, 1.165) is 4.47 Å². The van der Waals surface area contributed by atoms with Crippen LogP contribution in [-0.2, 0) is 28.6 Å². The van der Waals surface area contributed by atoms with Crippen LogP contribution in [0.25, 0.3) is 0 Å². The largest absolute Gasteiger partial charge is 0.467 e. The summed E-state index contributed by atoms with van der Waals surface area (Å²) >= 11 is 3.25. The molecule has 10 heteroatoms. The molecule has 1 aromatic carbocycles. The number of hydrogen-bond acceptors (Lipinski definition) is 7. The Morgan fingerprint density at radius 3 is 2.61 bits per heavy atom. The van der Waals surface area contributed by atoms with Crippen molar-refractivity contribution in [2.45, 2.75) is 35.4 Å². The Morgan fingerprint density at radius 2 is 2.04 bits per heavy atom. The van der Waals surface area contributed by atoms with Crippen LogP contribution in [0.4, 0.5) is 0 Å². The highest BCUT2D eigenvalue weighted by molar-refractivity contribution is 9.10.